The number of sulfonamides is 1. The highest BCUT2D eigenvalue weighted by Gasteiger charge is 2.23. The molecule has 0 aromatic heterocycles. The van der Waals surface area contributed by atoms with Crippen LogP contribution in [0.1, 0.15) is 20.8 Å². The first-order valence-corrected chi connectivity index (χ1v) is 9.45. The molecule has 1 rings (SSSR count). The van der Waals surface area contributed by atoms with Gasteiger partial charge in [-0.25, -0.2) is 8.42 Å². The first-order chi connectivity index (χ1) is 9.63. The summed E-state index contributed by atoms with van der Waals surface area (Å²) >= 11 is 6.47. The zero-order valence-corrected chi connectivity index (χ0v) is 16.0. The highest BCUT2D eigenvalue weighted by Crippen LogP contribution is 2.25. The number of hydrogen-bond acceptors (Lipinski definition) is 3. The van der Waals surface area contributed by atoms with Crippen LogP contribution < -0.4 is 10.0 Å². The maximum atomic E-state index is 12.3. The van der Waals surface area contributed by atoms with Gasteiger partial charge in [-0.1, -0.05) is 29.8 Å². The Bertz CT molecular complexity index is 618. The first-order valence-electron chi connectivity index (χ1n) is 6.38. The summed E-state index contributed by atoms with van der Waals surface area (Å²) in [7, 11) is -3.77. The maximum absolute atomic E-state index is 12.3. The van der Waals surface area contributed by atoms with Gasteiger partial charge in [0.05, 0.1) is 10.9 Å². The van der Waals surface area contributed by atoms with Crippen molar-refractivity contribution in [1.29, 1.82) is 0 Å². The van der Waals surface area contributed by atoms with Gasteiger partial charge in [0.1, 0.15) is 0 Å². The topological polar surface area (TPSA) is 75.3 Å². The summed E-state index contributed by atoms with van der Waals surface area (Å²) in [4.78, 5) is 11.9. The van der Waals surface area contributed by atoms with Crippen LogP contribution in [0, 0.1) is 5.92 Å². The van der Waals surface area contributed by atoms with Crippen LogP contribution >= 0.6 is 31.9 Å². The van der Waals surface area contributed by atoms with Gasteiger partial charge < -0.3 is 5.32 Å². The Labute approximate surface area is 142 Å². The quantitative estimate of drug-likeness (QED) is 0.712. The van der Waals surface area contributed by atoms with E-state index in [0.717, 1.165) is 4.47 Å². The van der Waals surface area contributed by atoms with Crippen LogP contribution in [0.4, 0.5) is 0 Å². The number of hydrogen-bond donors (Lipinski definition) is 2. The van der Waals surface area contributed by atoms with E-state index >= 15 is 0 Å². The van der Waals surface area contributed by atoms with Gasteiger partial charge >= 0.3 is 0 Å². The highest BCUT2D eigenvalue weighted by molar-refractivity contribution is 9.11. The zero-order chi connectivity index (χ0) is 16.2. The molecule has 0 saturated carbocycles. The van der Waals surface area contributed by atoms with Crippen LogP contribution in [0.3, 0.4) is 0 Å². The van der Waals surface area contributed by atoms with Crippen molar-refractivity contribution < 1.29 is 13.2 Å². The second-order valence-corrected chi connectivity index (χ2v) is 8.51. The smallest absolute Gasteiger partial charge is 0.242 e. The minimum Gasteiger partial charge on any atom is -0.354 e. The summed E-state index contributed by atoms with van der Waals surface area (Å²) in [6.45, 7) is 5.95. The molecule has 0 bridgehead atoms. The molecule has 5 nitrogen and oxygen atoms in total. The van der Waals surface area contributed by atoms with Crippen molar-refractivity contribution in [3.63, 3.8) is 0 Å². The number of benzene rings is 1. The van der Waals surface area contributed by atoms with E-state index in [-0.39, 0.29) is 10.8 Å². The van der Waals surface area contributed by atoms with Crippen LogP contribution in [0.5, 0.6) is 0 Å². The molecule has 0 aliphatic carbocycles. The van der Waals surface area contributed by atoms with E-state index in [1.165, 1.54) is 13.0 Å². The molecule has 0 saturated heterocycles. The number of halogens is 2. The molecule has 2 N–H and O–H groups in total. The highest BCUT2D eigenvalue weighted by atomic mass is 79.9. The molecule has 118 valence electrons. The number of amides is 1. The summed E-state index contributed by atoms with van der Waals surface area (Å²) in [6, 6.07) is 3.89. The molecule has 0 fully saturated rings. The van der Waals surface area contributed by atoms with Gasteiger partial charge in [0.2, 0.25) is 15.9 Å². The third-order valence-corrected chi connectivity index (χ3v) is 5.60. The molecule has 0 aliphatic rings. The van der Waals surface area contributed by atoms with Crippen molar-refractivity contribution in [2.75, 3.05) is 6.54 Å². The molecule has 0 aliphatic heterocycles. The Morgan fingerprint density at radius 1 is 1.24 bits per heavy atom. The number of nitrogens with one attached hydrogen (secondary N) is 2. The van der Waals surface area contributed by atoms with E-state index in [1.54, 1.807) is 12.1 Å². The van der Waals surface area contributed by atoms with Crippen molar-refractivity contribution >= 4 is 47.8 Å². The predicted molar refractivity (Wildman–Crippen MR) is 89.5 cm³/mol. The summed E-state index contributed by atoms with van der Waals surface area (Å²) in [5.74, 6) is -0.0427. The second kappa shape index (κ2) is 7.71. The number of rotatable bonds is 6. The molecule has 21 heavy (non-hydrogen) atoms. The lowest BCUT2D eigenvalue weighted by Crippen LogP contribution is -2.45. The molecule has 8 heteroatoms. The van der Waals surface area contributed by atoms with E-state index in [0.29, 0.717) is 16.9 Å². The average molecular weight is 442 g/mol. The van der Waals surface area contributed by atoms with Crippen molar-refractivity contribution in [1.82, 2.24) is 10.0 Å². The fraction of sp³-hybridized carbons (Fsp3) is 0.462. The minimum atomic E-state index is -3.77. The van der Waals surface area contributed by atoms with Crippen molar-refractivity contribution in [2.24, 2.45) is 5.92 Å². The lowest BCUT2D eigenvalue weighted by Gasteiger charge is -2.16. The lowest BCUT2D eigenvalue weighted by atomic mass is 10.2. The predicted octanol–water partition coefficient (Wildman–Crippen LogP) is 2.65. The van der Waals surface area contributed by atoms with Gasteiger partial charge in [0, 0.05) is 15.5 Å². The molecule has 0 spiro atoms. The van der Waals surface area contributed by atoms with Gasteiger partial charge in [-0.05, 0) is 47.0 Å². The Morgan fingerprint density at radius 2 is 1.86 bits per heavy atom. The van der Waals surface area contributed by atoms with Crippen LogP contribution in [0.25, 0.3) is 0 Å². The molecule has 1 unspecified atom stereocenters. The largest absolute Gasteiger partial charge is 0.354 e. The number of carbonyl (C=O) groups is 1. The Kier molecular flexibility index (Phi) is 6.83. The van der Waals surface area contributed by atoms with E-state index in [4.69, 9.17) is 0 Å². The number of carbonyl (C=O) groups excluding carboxylic acids is 1. The molecule has 1 amide bonds. The monoisotopic (exact) mass is 440 g/mol. The Morgan fingerprint density at radius 3 is 2.38 bits per heavy atom. The van der Waals surface area contributed by atoms with Crippen LogP contribution in [0.2, 0.25) is 0 Å². The fourth-order valence-electron chi connectivity index (χ4n) is 1.50. The third kappa shape index (κ3) is 5.69. The van der Waals surface area contributed by atoms with Gasteiger partial charge in [-0.15, -0.1) is 0 Å². The molecule has 1 aromatic carbocycles. The van der Waals surface area contributed by atoms with Gasteiger partial charge in [0.25, 0.3) is 0 Å². The fourth-order valence-corrected chi connectivity index (χ4v) is 4.45. The summed E-state index contributed by atoms with van der Waals surface area (Å²) in [5, 5.41) is 2.69. The molecular formula is C13H18Br2N2O3S. The summed E-state index contributed by atoms with van der Waals surface area (Å²) in [6.07, 6.45) is 0. The van der Waals surface area contributed by atoms with Crippen LogP contribution in [-0.2, 0) is 14.8 Å². The Balaban J connectivity index is 2.82. The van der Waals surface area contributed by atoms with Crippen molar-refractivity contribution in [2.45, 2.75) is 31.7 Å². The van der Waals surface area contributed by atoms with E-state index < -0.39 is 16.1 Å². The zero-order valence-electron chi connectivity index (χ0n) is 12.0. The van der Waals surface area contributed by atoms with E-state index in [2.05, 4.69) is 41.9 Å². The lowest BCUT2D eigenvalue weighted by molar-refractivity contribution is -0.122. The maximum Gasteiger partial charge on any atom is 0.242 e. The normalized spacial score (nSPS) is 13.2. The molecule has 0 radical (unpaired) electrons. The van der Waals surface area contributed by atoms with Gasteiger partial charge in [-0.3, -0.25) is 4.79 Å². The standard InChI is InChI=1S/C13H18Br2N2O3S/c1-8(2)7-16-13(18)9(3)17-21(19,20)12-5-4-10(14)6-11(12)15/h4-6,8-9,17H,7H2,1-3H3,(H,16,18). The summed E-state index contributed by atoms with van der Waals surface area (Å²) < 4.78 is 28.1. The van der Waals surface area contributed by atoms with E-state index in [9.17, 15) is 13.2 Å². The molecule has 0 heterocycles. The molecule has 1 aromatic rings. The van der Waals surface area contributed by atoms with Crippen molar-refractivity contribution in [3.05, 3.63) is 27.1 Å². The summed E-state index contributed by atoms with van der Waals surface area (Å²) in [5.41, 5.74) is 0. The van der Waals surface area contributed by atoms with Gasteiger partial charge in [-0.2, -0.15) is 4.72 Å². The van der Waals surface area contributed by atoms with Crippen molar-refractivity contribution in [3.8, 4) is 0 Å². The molecular weight excluding hydrogens is 424 g/mol. The second-order valence-electron chi connectivity index (χ2n) is 5.06. The van der Waals surface area contributed by atoms with Crippen LogP contribution in [0.15, 0.2) is 32.0 Å². The minimum absolute atomic E-state index is 0.0919. The SMILES string of the molecule is CC(C)CNC(=O)C(C)NS(=O)(=O)c1ccc(Br)cc1Br. The molecule has 1 atom stereocenters. The van der Waals surface area contributed by atoms with E-state index in [1.807, 2.05) is 13.8 Å². The third-order valence-electron chi connectivity index (χ3n) is 2.59. The Hall–Kier alpha value is -0.440. The van der Waals surface area contributed by atoms with Gasteiger partial charge in [0.15, 0.2) is 0 Å². The first kappa shape index (κ1) is 18.6. The van der Waals surface area contributed by atoms with Crippen LogP contribution in [-0.4, -0.2) is 26.9 Å². The average Bonchev–Trinajstić information content (AvgIpc) is 2.34.